The topological polar surface area (TPSA) is 81.1 Å². The maximum Gasteiger partial charge on any atom is 0.168 e. The minimum absolute atomic E-state index is 0.00892. The molecule has 0 heterocycles. The molecule has 0 spiro atoms. The summed E-state index contributed by atoms with van der Waals surface area (Å²) in [7, 11) is 5.33. The van der Waals surface area contributed by atoms with Crippen molar-refractivity contribution in [1.29, 1.82) is 0 Å². The van der Waals surface area contributed by atoms with E-state index in [-0.39, 0.29) is 17.2 Å². The number of rotatable bonds is 9. The Balaban J connectivity index is 5.11. The van der Waals surface area contributed by atoms with Crippen molar-refractivity contribution in [3.8, 4) is 0 Å². The zero-order valence-electron chi connectivity index (χ0n) is 15.4. The molecule has 132 valence electrons. The summed E-state index contributed by atoms with van der Waals surface area (Å²) < 4.78 is 0. The van der Waals surface area contributed by atoms with Gasteiger partial charge in [-0.2, -0.15) is 0 Å². The lowest BCUT2D eigenvalue weighted by Crippen LogP contribution is -2.61. The Labute approximate surface area is 141 Å². The van der Waals surface area contributed by atoms with Crippen LogP contribution in [0.3, 0.4) is 0 Å². The Morgan fingerprint density at radius 2 is 1.64 bits per heavy atom. The molecule has 0 aliphatic carbocycles. The van der Waals surface area contributed by atoms with E-state index in [4.69, 9.17) is 11.5 Å². The number of carbonyl (C=O) groups is 1. The fourth-order valence-corrected chi connectivity index (χ4v) is 3.47. The molecule has 5 N–H and O–H groups in total. The molecule has 5 unspecified atom stereocenters. The average molecular weight is 349 g/mol. The second-order valence-electron chi connectivity index (χ2n) is 8.21. The van der Waals surface area contributed by atoms with E-state index in [2.05, 4.69) is 51.5 Å². The van der Waals surface area contributed by atoms with Gasteiger partial charge in [0.2, 0.25) is 0 Å². The quantitative estimate of drug-likeness (QED) is 0.557. The summed E-state index contributed by atoms with van der Waals surface area (Å²) >= 11 is 0. The number of hydrogen-bond donors (Lipinski definition) is 3. The van der Waals surface area contributed by atoms with Crippen LogP contribution in [-0.4, -0.2) is 34.8 Å². The van der Waals surface area contributed by atoms with Crippen LogP contribution in [0, 0.1) is 11.3 Å². The number of nitrogens with one attached hydrogen (secondary N) is 1. The lowest BCUT2D eigenvalue weighted by molar-refractivity contribution is -0.126. The third-order valence-corrected chi connectivity index (χ3v) is 5.48. The SMILES string of the molecule is CC(C)C(C)(C)C(CP)NC(C)(C)C(=O)C(N)CC(C)(N)P. The first-order valence-electron chi connectivity index (χ1n) is 8.00. The molecule has 6 heteroatoms. The maximum absolute atomic E-state index is 12.7. The van der Waals surface area contributed by atoms with Gasteiger partial charge < -0.3 is 16.8 Å². The van der Waals surface area contributed by atoms with Gasteiger partial charge in [0, 0.05) is 11.3 Å². The Hall–Kier alpha value is 0.410. The van der Waals surface area contributed by atoms with E-state index in [9.17, 15) is 4.79 Å². The van der Waals surface area contributed by atoms with Crippen LogP contribution >= 0.6 is 18.5 Å². The minimum atomic E-state index is -0.678. The normalized spacial score (nSPS) is 18.9. The molecule has 0 aromatic heterocycles. The average Bonchev–Trinajstić information content (AvgIpc) is 2.32. The first-order chi connectivity index (χ1) is 9.65. The fourth-order valence-electron chi connectivity index (χ4n) is 2.49. The van der Waals surface area contributed by atoms with E-state index in [0.29, 0.717) is 12.3 Å². The van der Waals surface area contributed by atoms with E-state index in [1.807, 2.05) is 20.8 Å². The lowest BCUT2D eigenvalue weighted by Gasteiger charge is -2.43. The van der Waals surface area contributed by atoms with Gasteiger partial charge in [0.25, 0.3) is 0 Å². The summed E-state index contributed by atoms with van der Waals surface area (Å²) in [6, 6.07) is -0.355. The summed E-state index contributed by atoms with van der Waals surface area (Å²) in [5.41, 5.74) is 11.4. The predicted octanol–water partition coefficient (Wildman–Crippen LogP) is 2.12. The van der Waals surface area contributed by atoms with Crippen molar-refractivity contribution >= 4 is 24.3 Å². The highest BCUT2D eigenvalue weighted by molar-refractivity contribution is 7.18. The van der Waals surface area contributed by atoms with E-state index in [1.165, 1.54) is 0 Å². The number of ketones is 1. The molecule has 0 radical (unpaired) electrons. The van der Waals surface area contributed by atoms with Crippen LogP contribution in [0.2, 0.25) is 0 Å². The highest BCUT2D eigenvalue weighted by Gasteiger charge is 2.39. The maximum atomic E-state index is 12.7. The molecule has 0 aliphatic rings. The first-order valence-corrected chi connectivity index (χ1v) is 9.40. The largest absolute Gasteiger partial charge is 0.322 e. The Bertz CT molecular complexity index is 376. The number of Topliss-reactive ketones (excluding diaryl/α,β-unsaturated/α-hetero) is 1. The van der Waals surface area contributed by atoms with Gasteiger partial charge >= 0.3 is 0 Å². The molecule has 0 amide bonds. The molecule has 4 nitrogen and oxygen atoms in total. The molecule has 0 rings (SSSR count). The number of nitrogens with two attached hydrogens (primary N) is 2. The van der Waals surface area contributed by atoms with Crippen molar-refractivity contribution in [1.82, 2.24) is 5.32 Å². The van der Waals surface area contributed by atoms with E-state index in [0.717, 1.165) is 6.16 Å². The summed E-state index contributed by atoms with van der Waals surface area (Å²) in [4.78, 5) is 12.7. The smallest absolute Gasteiger partial charge is 0.168 e. The van der Waals surface area contributed by atoms with Gasteiger partial charge in [0.1, 0.15) is 0 Å². The fraction of sp³-hybridized carbons (Fsp3) is 0.938. The molecule has 0 fully saturated rings. The van der Waals surface area contributed by atoms with Crippen LogP contribution in [0.5, 0.6) is 0 Å². The highest BCUT2D eigenvalue weighted by atomic mass is 31.0. The Kier molecular flexibility index (Phi) is 8.14. The van der Waals surface area contributed by atoms with E-state index in [1.54, 1.807) is 0 Å². The van der Waals surface area contributed by atoms with Gasteiger partial charge in [-0.25, -0.2) is 0 Å². The minimum Gasteiger partial charge on any atom is -0.322 e. The molecule has 0 aromatic carbocycles. The molecule has 5 atom stereocenters. The van der Waals surface area contributed by atoms with Gasteiger partial charge in [0.15, 0.2) is 5.78 Å². The summed E-state index contributed by atoms with van der Waals surface area (Å²) in [5, 5.41) is 3.01. The van der Waals surface area contributed by atoms with Crippen molar-refractivity contribution < 1.29 is 4.79 Å². The Morgan fingerprint density at radius 1 is 1.18 bits per heavy atom. The van der Waals surface area contributed by atoms with Gasteiger partial charge in [0.05, 0.1) is 11.6 Å². The van der Waals surface area contributed by atoms with Crippen molar-refractivity contribution in [2.24, 2.45) is 22.8 Å². The number of hydrogen-bond acceptors (Lipinski definition) is 4. The highest BCUT2D eigenvalue weighted by Crippen LogP contribution is 2.32. The molecular formula is C16H37N3OP2. The first kappa shape index (κ1) is 22.4. The zero-order valence-corrected chi connectivity index (χ0v) is 17.7. The van der Waals surface area contributed by atoms with Gasteiger partial charge in [-0.05, 0) is 44.7 Å². The molecule has 0 aliphatic heterocycles. The molecular weight excluding hydrogens is 312 g/mol. The standard InChI is InChI=1S/C16H37N3OP2/c1-10(2)14(3,4)12(9-21)19-15(5,6)13(20)11(17)8-16(7,18)22/h10-12,19H,8-9,17-18,21-22H2,1-7H3. The molecule has 0 saturated carbocycles. The Morgan fingerprint density at radius 3 is 1.95 bits per heavy atom. The molecule has 0 aromatic rings. The summed E-state index contributed by atoms with van der Waals surface area (Å²) in [5.74, 6) is 0.513. The van der Waals surface area contributed by atoms with Crippen LogP contribution in [0.1, 0.15) is 54.9 Å². The lowest BCUT2D eigenvalue weighted by atomic mass is 9.74. The summed E-state index contributed by atoms with van der Waals surface area (Å²) in [6.07, 6.45) is 1.33. The predicted molar refractivity (Wildman–Crippen MR) is 104 cm³/mol. The zero-order chi connectivity index (χ0) is 17.9. The van der Waals surface area contributed by atoms with Crippen LogP contribution in [0.25, 0.3) is 0 Å². The van der Waals surface area contributed by atoms with E-state index < -0.39 is 16.9 Å². The van der Waals surface area contributed by atoms with Crippen molar-refractivity contribution in [2.75, 3.05) is 6.16 Å². The molecule has 22 heavy (non-hydrogen) atoms. The van der Waals surface area contributed by atoms with Crippen LogP contribution in [-0.2, 0) is 4.79 Å². The van der Waals surface area contributed by atoms with Crippen LogP contribution in [0.15, 0.2) is 0 Å². The second-order valence-corrected chi connectivity index (χ2v) is 10.0. The third kappa shape index (κ3) is 6.49. The van der Waals surface area contributed by atoms with Gasteiger partial charge in [-0.15, -0.1) is 18.5 Å². The third-order valence-electron chi connectivity index (χ3n) is 4.77. The van der Waals surface area contributed by atoms with Crippen molar-refractivity contribution in [2.45, 2.75) is 77.8 Å². The second kappa shape index (κ2) is 7.99. The summed E-state index contributed by atoms with van der Waals surface area (Å²) in [6.45, 7) is 14.6. The van der Waals surface area contributed by atoms with Crippen molar-refractivity contribution in [3.63, 3.8) is 0 Å². The van der Waals surface area contributed by atoms with E-state index >= 15 is 0 Å². The van der Waals surface area contributed by atoms with Crippen molar-refractivity contribution in [3.05, 3.63) is 0 Å². The molecule has 0 bridgehead atoms. The number of carbonyl (C=O) groups excluding carboxylic acids is 1. The van der Waals surface area contributed by atoms with Gasteiger partial charge in [-0.3, -0.25) is 4.79 Å². The monoisotopic (exact) mass is 349 g/mol. The van der Waals surface area contributed by atoms with Gasteiger partial charge in [-0.1, -0.05) is 27.7 Å². The molecule has 0 saturated heterocycles. The van der Waals surface area contributed by atoms with Crippen LogP contribution < -0.4 is 16.8 Å². The van der Waals surface area contributed by atoms with Crippen LogP contribution in [0.4, 0.5) is 0 Å².